The first-order valence-electron chi connectivity index (χ1n) is 9.23. The SMILES string of the molecule is C=C1c2cc(CCCC)ccc2CN1c1ccc2cc(C)n(C)c2c1. The first kappa shape index (κ1) is 16.0. The molecule has 1 aliphatic rings. The summed E-state index contributed by atoms with van der Waals surface area (Å²) in [5.74, 6) is 0. The van der Waals surface area contributed by atoms with E-state index in [2.05, 4.69) is 79.4 Å². The number of benzene rings is 2. The number of aromatic nitrogens is 1. The van der Waals surface area contributed by atoms with E-state index in [0.717, 1.165) is 18.7 Å². The van der Waals surface area contributed by atoms with E-state index < -0.39 is 0 Å². The molecule has 2 aromatic carbocycles. The Hall–Kier alpha value is -2.48. The number of fused-ring (bicyclic) bond motifs is 2. The molecule has 2 nitrogen and oxygen atoms in total. The number of aryl methyl sites for hydroxylation is 3. The summed E-state index contributed by atoms with van der Waals surface area (Å²) < 4.78 is 2.26. The summed E-state index contributed by atoms with van der Waals surface area (Å²) in [5, 5.41) is 1.30. The van der Waals surface area contributed by atoms with Gasteiger partial charge in [0.25, 0.3) is 0 Å². The van der Waals surface area contributed by atoms with E-state index in [1.807, 2.05) is 0 Å². The van der Waals surface area contributed by atoms with Crippen LogP contribution in [0.3, 0.4) is 0 Å². The lowest BCUT2D eigenvalue weighted by molar-refractivity contribution is 0.794. The van der Waals surface area contributed by atoms with E-state index in [9.17, 15) is 0 Å². The van der Waals surface area contributed by atoms with Gasteiger partial charge in [0.15, 0.2) is 0 Å². The number of anilines is 1. The van der Waals surface area contributed by atoms with Crippen LogP contribution in [0, 0.1) is 6.92 Å². The number of rotatable bonds is 4. The van der Waals surface area contributed by atoms with E-state index in [-0.39, 0.29) is 0 Å². The van der Waals surface area contributed by atoms with Gasteiger partial charge in [-0.25, -0.2) is 0 Å². The van der Waals surface area contributed by atoms with Crippen LogP contribution in [-0.4, -0.2) is 4.57 Å². The average Bonchev–Trinajstić information content (AvgIpc) is 3.10. The lowest BCUT2D eigenvalue weighted by Crippen LogP contribution is -2.12. The molecule has 0 aliphatic carbocycles. The molecule has 0 N–H and O–H groups in total. The molecule has 0 saturated heterocycles. The van der Waals surface area contributed by atoms with Crippen molar-refractivity contribution >= 4 is 22.3 Å². The average molecular weight is 330 g/mol. The summed E-state index contributed by atoms with van der Waals surface area (Å²) >= 11 is 0. The van der Waals surface area contributed by atoms with Crippen molar-refractivity contribution in [3.05, 3.63) is 71.4 Å². The van der Waals surface area contributed by atoms with Crippen molar-refractivity contribution in [2.24, 2.45) is 7.05 Å². The first-order valence-corrected chi connectivity index (χ1v) is 9.23. The van der Waals surface area contributed by atoms with E-state index >= 15 is 0 Å². The van der Waals surface area contributed by atoms with Crippen LogP contribution in [0.25, 0.3) is 16.6 Å². The van der Waals surface area contributed by atoms with Crippen molar-refractivity contribution in [1.29, 1.82) is 0 Å². The van der Waals surface area contributed by atoms with Crippen LogP contribution in [0.2, 0.25) is 0 Å². The monoisotopic (exact) mass is 330 g/mol. The third kappa shape index (κ3) is 2.66. The first-order chi connectivity index (χ1) is 12.1. The highest BCUT2D eigenvalue weighted by atomic mass is 15.2. The normalized spacial score (nSPS) is 13.7. The third-order valence-electron chi connectivity index (χ3n) is 5.54. The van der Waals surface area contributed by atoms with Gasteiger partial charge in [0.2, 0.25) is 0 Å². The Labute approximate surface area is 150 Å². The minimum absolute atomic E-state index is 0.914. The molecule has 0 saturated carbocycles. The van der Waals surface area contributed by atoms with Gasteiger partial charge in [0.1, 0.15) is 0 Å². The predicted molar refractivity (Wildman–Crippen MR) is 108 cm³/mol. The van der Waals surface area contributed by atoms with Gasteiger partial charge < -0.3 is 9.47 Å². The quantitative estimate of drug-likeness (QED) is 0.585. The molecule has 0 bridgehead atoms. The molecule has 128 valence electrons. The van der Waals surface area contributed by atoms with E-state index in [1.165, 1.54) is 51.8 Å². The molecule has 2 heteroatoms. The van der Waals surface area contributed by atoms with E-state index in [4.69, 9.17) is 0 Å². The molecule has 0 unspecified atom stereocenters. The van der Waals surface area contributed by atoms with Crippen LogP contribution in [-0.2, 0) is 20.0 Å². The largest absolute Gasteiger partial charge is 0.348 e. The minimum atomic E-state index is 0.914. The fraction of sp³-hybridized carbons (Fsp3) is 0.304. The molecular formula is C23H26N2. The lowest BCUT2D eigenvalue weighted by Gasteiger charge is -2.20. The number of hydrogen-bond acceptors (Lipinski definition) is 1. The molecule has 1 aromatic heterocycles. The van der Waals surface area contributed by atoms with Crippen molar-refractivity contribution in [2.45, 2.75) is 39.7 Å². The molecule has 0 spiro atoms. The number of hydrogen-bond donors (Lipinski definition) is 0. The van der Waals surface area contributed by atoms with E-state index in [0.29, 0.717) is 0 Å². The fourth-order valence-electron chi connectivity index (χ4n) is 3.85. The van der Waals surface area contributed by atoms with Crippen molar-refractivity contribution in [3.63, 3.8) is 0 Å². The molecule has 2 heterocycles. The van der Waals surface area contributed by atoms with Crippen molar-refractivity contribution < 1.29 is 0 Å². The summed E-state index contributed by atoms with van der Waals surface area (Å²) in [6.07, 6.45) is 3.64. The lowest BCUT2D eigenvalue weighted by atomic mass is 10.0. The van der Waals surface area contributed by atoms with Crippen molar-refractivity contribution in [1.82, 2.24) is 4.57 Å². The van der Waals surface area contributed by atoms with Crippen LogP contribution in [0.4, 0.5) is 5.69 Å². The molecule has 0 atom stereocenters. The zero-order chi connectivity index (χ0) is 17.6. The molecule has 0 radical (unpaired) electrons. The Kier molecular flexibility index (Phi) is 3.91. The molecule has 1 aliphatic heterocycles. The Morgan fingerprint density at radius 2 is 1.92 bits per heavy atom. The van der Waals surface area contributed by atoms with Crippen molar-refractivity contribution in [2.75, 3.05) is 4.90 Å². The Morgan fingerprint density at radius 1 is 1.08 bits per heavy atom. The maximum atomic E-state index is 4.40. The Balaban J connectivity index is 1.68. The van der Waals surface area contributed by atoms with E-state index in [1.54, 1.807) is 0 Å². The highest BCUT2D eigenvalue weighted by molar-refractivity contribution is 5.90. The second-order valence-corrected chi connectivity index (χ2v) is 7.22. The van der Waals surface area contributed by atoms with Gasteiger partial charge in [-0.1, -0.05) is 38.1 Å². The van der Waals surface area contributed by atoms with Gasteiger partial charge in [0, 0.05) is 36.2 Å². The smallest absolute Gasteiger partial charge is 0.0500 e. The standard InChI is InChI=1S/C23H26N2/c1-5-6-7-18-8-9-20-15-25(17(3)22(20)13-18)21-11-10-19-12-16(2)24(4)23(19)14-21/h8-14H,3,5-7,15H2,1-2,4H3. The van der Waals surface area contributed by atoms with Gasteiger partial charge in [-0.3, -0.25) is 0 Å². The molecule has 3 aromatic rings. The fourth-order valence-corrected chi connectivity index (χ4v) is 3.85. The van der Waals surface area contributed by atoms with Crippen LogP contribution in [0.15, 0.2) is 49.0 Å². The third-order valence-corrected chi connectivity index (χ3v) is 5.54. The number of nitrogens with zero attached hydrogens (tertiary/aromatic N) is 2. The molecular weight excluding hydrogens is 304 g/mol. The summed E-state index contributed by atoms with van der Waals surface area (Å²) in [7, 11) is 2.13. The Morgan fingerprint density at radius 3 is 2.72 bits per heavy atom. The maximum absolute atomic E-state index is 4.40. The minimum Gasteiger partial charge on any atom is -0.348 e. The van der Waals surface area contributed by atoms with Gasteiger partial charge in [-0.15, -0.1) is 0 Å². The maximum Gasteiger partial charge on any atom is 0.0500 e. The van der Waals surface area contributed by atoms with Crippen LogP contribution in [0.1, 0.15) is 42.1 Å². The van der Waals surface area contributed by atoms with Crippen LogP contribution >= 0.6 is 0 Å². The van der Waals surface area contributed by atoms with Crippen LogP contribution < -0.4 is 4.90 Å². The molecule has 4 rings (SSSR count). The zero-order valence-corrected chi connectivity index (χ0v) is 15.5. The Bertz CT molecular complexity index is 962. The van der Waals surface area contributed by atoms with Gasteiger partial charge in [-0.2, -0.15) is 0 Å². The second-order valence-electron chi connectivity index (χ2n) is 7.22. The second kappa shape index (κ2) is 6.11. The van der Waals surface area contributed by atoms with Crippen LogP contribution in [0.5, 0.6) is 0 Å². The highest BCUT2D eigenvalue weighted by Crippen LogP contribution is 2.37. The molecule has 25 heavy (non-hydrogen) atoms. The summed E-state index contributed by atoms with van der Waals surface area (Å²) in [5.41, 5.74) is 9.05. The molecule has 0 amide bonds. The summed E-state index contributed by atoms with van der Waals surface area (Å²) in [6.45, 7) is 9.72. The predicted octanol–water partition coefficient (Wildman–Crippen LogP) is 5.82. The van der Waals surface area contributed by atoms with Crippen molar-refractivity contribution in [3.8, 4) is 0 Å². The van der Waals surface area contributed by atoms with Gasteiger partial charge in [-0.05, 0) is 60.5 Å². The summed E-state index contributed by atoms with van der Waals surface area (Å²) in [4.78, 5) is 2.34. The number of unbranched alkanes of at least 4 members (excludes halogenated alkanes) is 1. The van der Waals surface area contributed by atoms with Gasteiger partial charge >= 0.3 is 0 Å². The summed E-state index contributed by atoms with van der Waals surface area (Å²) in [6, 6.07) is 15.9. The van der Waals surface area contributed by atoms with Gasteiger partial charge in [0.05, 0.1) is 5.52 Å². The molecule has 0 fully saturated rings. The topological polar surface area (TPSA) is 8.17 Å². The highest BCUT2D eigenvalue weighted by Gasteiger charge is 2.24. The zero-order valence-electron chi connectivity index (χ0n) is 15.5.